The summed E-state index contributed by atoms with van der Waals surface area (Å²) in [5.74, 6) is 0.335. The molecule has 0 spiro atoms. The largest absolute Gasteiger partial charge is 0.324 e. The number of aromatic amines is 1. The molecule has 0 aliphatic rings. The van der Waals surface area contributed by atoms with E-state index in [-0.39, 0.29) is 5.56 Å². The Morgan fingerprint density at radius 3 is 2.48 bits per heavy atom. The predicted molar refractivity (Wildman–Crippen MR) is 102 cm³/mol. The molecule has 0 fully saturated rings. The Labute approximate surface area is 150 Å². The van der Waals surface area contributed by atoms with Gasteiger partial charge in [0.2, 0.25) is 5.95 Å². The quantitative estimate of drug-likeness (QED) is 0.679. The number of H-pyrrole nitrogens is 1. The Balaban J connectivity index is 1.70. The molecule has 7 heteroatoms. The first-order valence-corrected chi connectivity index (χ1v) is 9.16. The first-order chi connectivity index (χ1) is 12.2. The van der Waals surface area contributed by atoms with Crippen molar-refractivity contribution in [2.24, 2.45) is 0 Å². The highest BCUT2D eigenvalue weighted by molar-refractivity contribution is 7.13. The molecule has 2 N–H and O–H groups in total. The predicted octanol–water partition coefficient (Wildman–Crippen LogP) is 3.48. The van der Waals surface area contributed by atoms with Crippen LogP contribution in [0.4, 0.5) is 11.6 Å². The lowest BCUT2D eigenvalue weighted by Gasteiger charge is -2.18. The summed E-state index contributed by atoms with van der Waals surface area (Å²) in [5.41, 5.74) is 2.20. The van der Waals surface area contributed by atoms with Crippen LogP contribution in [0.25, 0.3) is 10.6 Å². The van der Waals surface area contributed by atoms with Crippen LogP contribution in [-0.2, 0) is 6.54 Å². The molecule has 0 radical (unpaired) electrons. The van der Waals surface area contributed by atoms with Crippen LogP contribution in [0, 0.1) is 0 Å². The van der Waals surface area contributed by atoms with Crippen LogP contribution >= 0.6 is 11.3 Å². The number of nitrogens with one attached hydrogen (secondary N) is 2. The molecule has 0 aliphatic heterocycles. The Bertz CT molecular complexity index is 854. The highest BCUT2D eigenvalue weighted by Gasteiger charge is 2.08. The van der Waals surface area contributed by atoms with Crippen LogP contribution in [0.15, 0.2) is 46.6 Å². The van der Waals surface area contributed by atoms with E-state index in [1.54, 1.807) is 0 Å². The van der Waals surface area contributed by atoms with E-state index in [4.69, 9.17) is 0 Å². The zero-order valence-corrected chi connectivity index (χ0v) is 15.1. The first-order valence-electron chi connectivity index (χ1n) is 8.28. The average molecular weight is 355 g/mol. The van der Waals surface area contributed by atoms with Crippen molar-refractivity contribution in [3.63, 3.8) is 0 Å². The van der Waals surface area contributed by atoms with E-state index in [0.717, 1.165) is 30.2 Å². The Kier molecular flexibility index (Phi) is 5.57. The van der Waals surface area contributed by atoms with E-state index < -0.39 is 0 Å². The molecule has 0 bridgehead atoms. The van der Waals surface area contributed by atoms with Crippen molar-refractivity contribution < 1.29 is 0 Å². The topological polar surface area (TPSA) is 73.9 Å². The lowest BCUT2D eigenvalue weighted by Crippen LogP contribution is -2.22. The summed E-state index contributed by atoms with van der Waals surface area (Å²) >= 11 is 1.46. The van der Waals surface area contributed by atoms with E-state index in [2.05, 4.69) is 51.4 Å². The van der Waals surface area contributed by atoms with Crippen LogP contribution in [0.3, 0.4) is 0 Å². The number of rotatable bonds is 7. The summed E-state index contributed by atoms with van der Waals surface area (Å²) in [6.45, 7) is 7.32. The molecule has 0 saturated carbocycles. The van der Waals surface area contributed by atoms with E-state index in [0.29, 0.717) is 11.6 Å². The van der Waals surface area contributed by atoms with Crippen molar-refractivity contribution in [2.45, 2.75) is 20.4 Å². The molecular weight excluding hydrogens is 334 g/mol. The molecule has 0 saturated heterocycles. The Morgan fingerprint density at radius 2 is 1.88 bits per heavy atom. The van der Waals surface area contributed by atoms with Crippen LogP contribution in [0.5, 0.6) is 0 Å². The summed E-state index contributed by atoms with van der Waals surface area (Å²) in [4.78, 5) is 18.1. The lowest BCUT2D eigenvalue weighted by molar-refractivity contribution is 0.296. The molecule has 3 aromatic rings. The fraction of sp³-hybridized carbons (Fsp3) is 0.278. The molecule has 130 valence electrons. The van der Waals surface area contributed by atoms with Gasteiger partial charge < -0.3 is 5.32 Å². The van der Waals surface area contributed by atoms with Crippen molar-refractivity contribution in [1.82, 2.24) is 20.1 Å². The molecule has 3 rings (SSSR count). The molecule has 0 atom stereocenters. The number of benzene rings is 1. The van der Waals surface area contributed by atoms with Gasteiger partial charge in [0.05, 0.1) is 4.88 Å². The number of aromatic nitrogens is 3. The number of thiophene rings is 1. The van der Waals surface area contributed by atoms with Gasteiger partial charge in [-0.15, -0.1) is 21.5 Å². The van der Waals surface area contributed by atoms with Gasteiger partial charge in [0.25, 0.3) is 5.56 Å². The maximum absolute atomic E-state index is 12.2. The maximum Gasteiger partial charge on any atom is 0.280 e. The molecule has 2 aromatic heterocycles. The molecule has 0 unspecified atom stereocenters. The van der Waals surface area contributed by atoms with Crippen molar-refractivity contribution in [1.29, 1.82) is 0 Å². The van der Waals surface area contributed by atoms with Gasteiger partial charge in [0.1, 0.15) is 0 Å². The number of hydrogen-bond acceptors (Lipinski definition) is 6. The van der Waals surface area contributed by atoms with Gasteiger partial charge in [-0.25, -0.2) is 0 Å². The smallest absolute Gasteiger partial charge is 0.280 e. The number of hydrogen-bond donors (Lipinski definition) is 2. The molecule has 0 aliphatic carbocycles. The van der Waals surface area contributed by atoms with Crippen LogP contribution in [0.1, 0.15) is 19.4 Å². The number of nitrogens with zero attached hydrogens (tertiary/aromatic N) is 3. The van der Waals surface area contributed by atoms with Gasteiger partial charge in [0, 0.05) is 12.2 Å². The molecule has 1 aromatic carbocycles. The van der Waals surface area contributed by atoms with Crippen molar-refractivity contribution in [3.8, 4) is 10.6 Å². The van der Waals surface area contributed by atoms with Crippen LogP contribution in [0.2, 0.25) is 0 Å². The highest BCUT2D eigenvalue weighted by atomic mass is 32.1. The zero-order valence-electron chi connectivity index (χ0n) is 14.3. The third-order valence-electron chi connectivity index (χ3n) is 3.97. The zero-order chi connectivity index (χ0) is 17.6. The van der Waals surface area contributed by atoms with E-state index in [1.165, 1.54) is 16.9 Å². The third kappa shape index (κ3) is 4.32. The SMILES string of the molecule is CCN(CC)Cc1ccc(Nc2nnc(-c3cccs3)c(=O)[nH]2)cc1. The van der Waals surface area contributed by atoms with Gasteiger partial charge in [-0.3, -0.25) is 14.7 Å². The van der Waals surface area contributed by atoms with Crippen molar-refractivity contribution >= 4 is 23.0 Å². The fourth-order valence-electron chi connectivity index (χ4n) is 2.50. The van der Waals surface area contributed by atoms with Crippen molar-refractivity contribution in [3.05, 3.63) is 57.7 Å². The van der Waals surface area contributed by atoms with Gasteiger partial charge in [-0.05, 0) is 42.2 Å². The van der Waals surface area contributed by atoms with E-state index in [9.17, 15) is 4.79 Å². The van der Waals surface area contributed by atoms with Crippen LogP contribution < -0.4 is 10.9 Å². The van der Waals surface area contributed by atoms with E-state index in [1.807, 2.05) is 29.6 Å². The normalized spacial score (nSPS) is 11.0. The molecule has 25 heavy (non-hydrogen) atoms. The minimum Gasteiger partial charge on any atom is -0.324 e. The Hall–Kier alpha value is -2.51. The van der Waals surface area contributed by atoms with Crippen molar-refractivity contribution in [2.75, 3.05) is 18.4 Å². The average Bonchev–Trinajstić information content (AvgIpc) is 3.15. The summed E-state index contributed by atoms with van der Waals surface area (Å²) in [7, 11) is 0. The lowest BCUT2D eigenvalue weighted by atomic mass is 10.2. The minimum absolute atomic E-state index is 0.252. The molecular formula is C18H21N5OS. The Morgan fingerprint density at radius 1 is 1.12 bits per heavy atom. The second-order valence-corrected chi connectivity index (χ2v) is 6.56. The van der Waals surface area contributed by atoms with E-state index >= 15 is 0 Å². The fourth-order valence-corrected chi connectivity index (χ4v) is 3.21. The first kappa shape index (κ1) is 17.3. The summed E-state index contributed by atoms with van der Waals surface area (Å²) in [6.07, 6.45) is 0. The molecule has 6 nitrogen and oxygen atoms in total. The van der Waals surface area contributed by atoms with Crippen LogP contribution in [-0.4, -0.2) is 33.2 Å². The minimum atomic E-state index is -0.252. The van der Waals surface area contributed by atoms with Gasteiger partial charge in [-0.1, -0.05) is 32.0 Å². The monoisotopic (exact) mass is 355 g/mol. The van der Waals surface area contributed by atoms with Gasteiger partial charge in [0.15, 0.2) is 5.69 Å². The number of anilines is 2. The van der Waals surface area contributed by atoms with Gasteiger partial charge >= 0.3 is 0 Å². The standard InChI is InChI=1S/C18H21N5OS/c1-3-23(4-2)12-13-7-9-14(10-8-13)19-18-20-17(24)16(21-22-18)15-6-5-11-25-15/h5-11H,3-4,12H2,1-2H3,(H2,19,20,22,24). The summed E-state index contributed by atoms with van der Waals surface area (Å²) in [5, 5.41) is 13.1. The second kappa shape index (κ2) is 8.04. The summed E-state index contributed by atoms with van der Waals surface area (Å²) < 4.78 is 0. The highest BCUT2D eigenvalue weighted by Crippen LogP contribution is 2.19. The molecule has 0 amide bonds. The maximum atomic E-state index is 12.2. The summed E-state index contributed by atoms with van der Waals surface area (Å²) in [6, 6.07) is 11.8. The van der Waals surface area contributed by atoms with Gasteiger partial charge in [-0.2, -0.15) is 0 Å². The third-order valence-corrected chi connectivity index (χ3v) is 4.85. The second-order valence-electron chi connectivity index (χ2n) is 5.61. The molecule has 2 heterocycles.